The van der Waals surface area contributed by atoms with Crippen molar-refractivity contribution in [3.63, 3.8) is 0 Å². The van der Waals surface area contributed by atoms with Gasteiger partial charge in [-0.15, -0.1) is 0 Å². The summed E-state index contributed by atoms with van der Waals surface area (Å²) in [6.07, 6.45) is 4.71. The Hall–Kier alpha value is -1.57. The SMILES string of the molecule is COC(=O)C1(c2ccccc2)CC=C(C)CC1. The summed E-state index contributed by atoms with van der Waals surface area (Å²) < 4.78 is 5.01. The Kier molecular flexibility index (Phi) is 3.32. The highest BCUT2D eigenvalue weighted by atomic mass is 16.5. The molecule has 0 aromatic heterocycles. The van der Waals surface area contributed by atoms with Crippen LogP contribution in [0, 0.1) is 0 Å². The average Bonchev–Trinajstić information content (AvgIpc) is 2.40. The number of benzene rings is 1. The van der Waals surface area contributed by atoms with E-state index in [4.69, 9.17) is 4.74 Å². The van der Waals surface area contributed by atoms with Crippen LogP contribution in [0.3, 0.4) is 0 Å². The first kappa shape index (κ1) is 11.9. The van der Waals surface area contributed by atoms with E-state index >= 15 is 0 Å². The fourth-order valence-electron chi connectivity index (χ4n) is 2.48. The van der Waals surface area contributed by atoms with Crippen molar-refractivity contribution >= 4 is 5.97 Å². The number of esters is 1. The van der Waals surface area contributed by atoms with Gasteiger partial charge in [-0.25, -0.2) is 0 Å². The number of allylic oxidation sites excluding steroid dienone is 2. The monoisotopic (exact) mass is 230 g/mol. The first-order valence-electron chi connectivity index (χ1n) is 5.98. The molecule has 1 aromatic carbocycles. The third kappa shape index (κ3) is 2.12. The second-order valence-electron chi connectivity index (χ2n) is 4.69. The van der Waals surface area contributed by atoms with E-state index in [1.54, 1.807) is 0 Å². The van der Waals surface area contributed by atoms with Crippen LogP contribution in [-0.4, -0.2) is 13.1 Å². The Labute approximate surface area is 102 Å². The Morgan fingerprint density at radius 1 is 1.29 bits per heavy atom. The molecule has 1 aliphatic rings. The second kappa shape index (κ2) is 4.74. The number of carbonyl (C=O) groups is 1. The minimum Gasteiger partial charge on any atom is -0.468 e. The van der Waals surface area contributed by atoms with Crippen LogP contribution in [0.5, 0.6) is 0 Å². The number of carbonyl (C=O) groups excluding carboxylic acids is 1. The van der Waals surface area contributed by atoms with E-state index in [9.17, 15) is 4.79 Å². The zero-order valence-corrected chi connectivity index (χ0v) is 10.4. The molecule has 1 unspecified atom stereocenters. The van der Waals surface area contributed by atoms with E-state index in [2.05, 4.69) is 13.0 Å². The van der Waals surface area contributed by atoms with E-state index < -0.39 is 5.41 Å². The van der Waals surface area contributed by atoms with E-state index in [-0.39, 0.29) is 5.97 Å². The highest BCUT2D eigenvalue weighted by Gasteiger charge is 2.41. The van der Waals surface area contributed by atoms with Crippen molar-refractivity contribution in [3.05, 3.63) is 47.5 Å². The van der Waals surface area contributed by atoms with Gasteiger partial charge in [0, 0.05) is 0 Å². The van der Waals surface area contributed by atoms with Crippen LogP contribution < -0.4 is 0 Å². The Balaban J connectivity index is 2.42. The third-order valence-electron chi connectivity index (χ3n) is 3.65. The van der Waals surface area contributed by atoms with Crippen LogP contribution in [0.25, 0.3) is 0 Å². The van der Waals surface area contributed by atoms with Crippen LogP contribution in [-0.2, 0) is 14.9 Å². The fraction of sp³-hybridized carbons (Fsp3) is 0.400. The maximum absolute atomic E-state index is 12.1. The van der Waals surface area contributed by atoms with Gasteiger partial charge in [0.1, 0.15) is 0 Å². The summed E-state index contributed by atoms with van der Waals surface area (Å²) in [7, 11) is 1.47. The van der Waals surface area contributed by atoms with Crippen molar-refractivity contribution in [1.29, 1.82) is 0 Å². The van der Waals surface area contributed by atoms with Gasteiger partial charge >= 0.3 is 5.97 Å². The zero-order chi connectivity index (χ0) is 12.3. The largest absolute Gasteiger partial charge is 0.468 e. The molecule has 0 bridgehead atoms. The molecule has 0 fully saturated rings. The topological polar surface area (TPSA) is 26.3 Å². The molecule has 0 amide bonds. The molecule has 0 radical (unpaired) electrons. The van der Waals surface area contributed by atoms with Crippen molar-refractivity contribution in [1.82, 2.24) is 0 Å². The number of rotatable bonds is 2. The molecule has 2 nitrogen and oxygen atoms in total. The summed E-state index contributed by atoms with van der Waals surface area (Å²) in [5.41, 5.74) is 1.95. The summed E-state index contributed by atoms with van der Waals surface area (Å²) in [4.78, 5) is 12.1. The molecule has 1 atom stereocenters. The number of ether oxygens (including phenoxy) is 1. The van der Waals surface area contributed by atoms with Crippen molar-refractivity contribution in [2.45, 2.75) is 31.6 Å². The predicted octanol–water partition coefficient (Wildman–Crippen LogP) is 3.23. The van der Waals surface area contributed by atoms with Gasteiger partial charge in [-0.05, 0) is 31.7 Å². The van der Waals surface area contributed by atoms with Crippen molar-refractivity contribution in [3.8, 4) is 0 Å². The quantitative estimate of drug-likeness (QED) is 0.576. The molecule has 0 spiro atoms. The molecule has 2 heteroatoms. The van der Waals surface area contributed by atoms with E-state index in [0.29, 0.717) is 0 Å². The third-order valence-corrected chi connectivity index (χ3v) is 3.65. The molecule has 17 heavy (non-hydrogen) atoms. The van der Waals surface area contributed by atoms with Crippen LogP contribution in [0.2, 0.25) is 0 Å². The maximum Gasteiger partial charge on any atom is 0.316 e. The van der Waals surface area contributed by atoms with Crippen LogP contribution >= 0.6 is 0 Å². The predicted molar refractivity (Wildman–Crippen MR) is 67.7 cm³/mol. The number of methoxy groups -OCH3 is 1. The van der Waals surface area contributed by atoms with E-state index in [1.807, 2.05) is 30.3 Å². The molecule has 2 rings (SSSR count). The van der Waals surface area contributed by atoms with Gasteiger partial charge in [0.05, 0.1) is 12.5 Å². The standard InChI is InChI=1S/C15H18O2/c1-12-8-10-15(11-9-12,14(16)17-2)13-6-4-3-5-7-13/h3-8H,9-11H2,1-2H3. The fourth-order valence-corrected chi connectivity index (χ4v) is 2.48. The van der Waals surface area contributed by atoms with E-state index in [0.717, 1.165) is 24.8 Å². The molecule has 1 aliphatic carbocycles. The van der Waals surface area contributed by atoms with Crippen molar-refractivity contribution in [2.75, 3.05) is 7.11 Å². The summed E-state index contributed by atoms with van der Waals surface area (Å²) in [6, 6.07) is 9.96. The van der Waals surface area contributed by atoms with Gasteiger partial charge in [0.25, 0.3) is 0 Å². The number of hydrogen-bond acceptors (Lipinski definition) is 2. The lowest BCUT2D eigenvalue weighted by Gasteiger charge is -2.33. The van der Waals surface area contributed by atoms with Gasteiger partial charge < -0.3 is 4.74 Å². The van der Waals surface area contributed by atoms with Crippen molar-refractivity contribution < 1.29 is 9.53 Å². The van der Waals surface area contributed by atoms with Gasteiger partial charge in [-0.3, -0.25) is 4.79 Å². The summed E-state index contributed by atoms with van der Waals surface area (Å²) in [5, 5.41) is 0. The molecule has 0 saturated carbocycles. The van der Waals surface area contributed by atoms with Gasteiger partial charge in [0.2, 0.25) is 0 Å². The number of hydrogen-bond donors (Lipinski definition) is 0. The smallest absolute Gasteiger partial charge is 0.316 e. The van der Waals surface area contributed by atoms with Crippen LogP contribution in [0.15, 0.2) is 42.0 Å². The molecule has 90 valence electrons. The van der Waals surface area contributed by atoms with Gasteiger partial charge in [-0.1, -0.05) is 42.0 Å². The van der Waals surface area contributed by atoms with Crippen LogP contribution in [0.1, 0.15) is 31.7 Å². The second-order valence-corrected chi connectivity index (χ2v) is 4.69. The lowest BCUT2D eigenvalue weighted by molar-refractivity contribution is -0.148. The molecular formula is C15H18O2. The minimum absolute atomic E-state index is 0.118. The molecule has 0 N–H and O–H groups in total. The van der Waals surface area contributed by atoms with E-state index in [1.165, 1.54) is 12.7 Å². The Morgan fingerprint density at radius 3 is 2.53 bits per heavy atom. The summed E-state index contributed by atoms with van der Waals surface area (Å²) >= 11 is 0. The van der Waals surface area contributed by atoms with Gasteiger partial charge in [-0.2, -0.15) is 0 Å². The van der Waals surface area contributed by atoms with Gasteiger partial charge in [0.15, 0.2) is 0 Å². The highest BCUT2D eigenvalue weighted by molar-refractivity contribution is 5.83. The maximum atomic E-state index is 12.1. The normalized spacial score (nSPS) is 24.0. The lowest BCUT2D eigenvalue weighted by atomic mass is 9.70. The highest BCUT2D eigenvalue weighted by Crippen LogP contribution is 2.39. The molecular weight excluding hydrogens is 212 g/mol. The Bertz CT molecular complexity index is 433. The lowest BCUT2D eigenvalue weighted by Crippen LogP contribution is -2.38. The summed E-state index contributed by atoms with van der Waals surface area (Å²) in [6.45, 7) is 2.12. The zero-order valence-electron chi connectivity index (χ0n) is 10.4. The molecule has 1 aromatic rings. The molecule has 0 saturated heterocycles. The average molecular weight is 230 g/mol. The summed E-state index contributed by atoms with van der Waals surface area (Å²) in [5.74, 6) is -0.118. The molecule has 0 aliphatic heterocycles. The van der Waals surface area contributed by atoms with Crippen molar-refractivity contribution in [2.24, 2.45) is 0 Å². The minimum atomic E-state index is -0.477. The van der Waals surface area contributed by atoms with Crippen LogP contribution in [0.4, 0.5) is 0 Å². The molecule has 0 heterocycles. The first-order chi connectivity index (χ1) is 8.19. The first-order valence-corrected chi connectivity index (χ1v) is 5.98. The Morgan fingerprint density at radius 2 is 2.00 bits per heavy atom.